The van der Waals surface area contributed by atoms with E-state index in [9.17, 15) is 4.79 Å². The zero-order valence-corrected chi connectivity index (χ0v) is 13.7. The molecule has 0 unspecified atom stereocenters. The summed E-state index contributed by atoms with van der Waals surface area (Å²) >= 11 is 0. The van der Waals surface area contributed by atoms with Crippen LogP contribution in [-0.4, -0.2) is 44.7 Å². The highest BCUT2D eigenvalue weighted by molar-refractivity contribution is 5.78. The van der Waals surface area contributed by atoms with Crippen molar-refractivity contribution in [2.45, 2.75) is 32.9 Å². The summed E-state index contributed by atoms with van der Waals surface area (Å²) in [4.78, 5) is 16.2. The lowest BCUT2D eigenvalue weighted by molar-refractivity contribution is -0.138. The van der Waals surface area contributed by atoms with Crippen LogP contribution in [-0.2, 0) is 16.1 Å². The number of anilines is 2. The molecular weight excluding hydrogens is 266 g/mol. The van der Waals surface area contributed by atoms with Gasteiger partial charge in [0.05, 0.1) is 0 Å². The molecule has 0 aromatic heterocycles. The van der Waals surface area contributed by atoms with Crippen LogP contribution in [0.15, 0.2) is 18.2 Å². The first-order valence-electron chi connectivity index (χ1n) is 7.24. The summed E-state index contributed by atoms with van der Waals surface area (Å²) in [6.45, 7) is 4.76. The number of amides is 1. The Kier molecular flexibility index (Phi) is 6.49. The molecule has 0 saturated heterocycles. The van der Waals surface area contributed by atoms with Gasteiger partial charge in [-0.15, -0.1) is 0 Å². The number of nitrogen functional groups attached to an aromatic ring is 1. The zero-order valence-electron chi connectivity index (χ0n) is 13.7. The summed E-state index contributed by atoms with van der Waals surface area (Å²) in [7, 11) is 5.51. The van der Waals surface area contributed by atoms with Crippen molar-refractivity contribution in [2.24, 2.45) is 0 Å². The lowest BCUT2D eigenvalue weighted by Crippen LogP contribution is -2.40. The van der Waals surface area contributed by atoms with Gasteiger partial charge in [0.15, 0.2) is 0 Å². The molecule has 1 aromatic rings. The second kappa shape index (κ2) is 7.88. The van der Waals surface area contributed by atoms with Crippen molar-refractivity contribution in [3.63, 3.8) is 0 Å². The van der Waals surface area contributed by atoms with Gasteiger partial charge in [0, 0.05) is 45.2 Å². The third kappa shape index (κ3) is 4.63. The number of hydrogen-bond donors (Lipinski definition) is 1. The minimum absolute atomic E-state index is 0.000944. The summed E-state index contributed by atoms with van der Waals surface area (Å²) in [6, 6.07) is 5.96. The van der Waals surface area contributed by atoms with E-state index in [2.05, 4.69) is 13.8 Å². The van der Waals surface area contributed by atoms with Gasteiger partial charge in [-0.05, 0) is 37.1 Å². The average Bonchev–Trinajstić information content (AvgIpc) is 2.43. The quantitative estimate of drug-likeness (QED) is 0.782. The first-order chi connectivity index (χ1) is 9.90. The molecule has 0 aliphatic rings. The topological polar surface area (TPSA) is 58.8 Å². The number of methoxy groups -OCH3 is 1. The predicted octanol–water partition coefficient (Wildman–Crippen LogP) is 2.11. The lowest BCUT2D eigenvalue weighted by Gasteiger charge is -2.30. The number of ether oxygens (including phenoxy) is 1. The monoisotopic (exact) mass is 293 g/mol. The molecule has 2 N–H and O–H groups in total. The maximum atomic E-state index is 12.3. The average molecular weight is 293 g/mol. The lowest BCUT2D eigenvalue weighted by atomic mass is 10.1. The van der Waals surface area contributed by atoms with Gasteiger partial charge in [-0.2, -0.15) is 0 Å². The van der Waals surface area contributed by atoms with Crippen LogP contribution in [0.2, 0.25) is 0 Å². The van der Waals surface area contributed by atoms with E-state index in [4.69, 9.17) is 10.5 Å². The Hall–Kier alpha value is -1.75. The normalized spacial score (nSPS) is 12.0. The number of hydrogen-bond acceptors (Lipinski definition) is 4. The summed E-state index contributed by atoms with van der Waals surface area (Å²) in [5, 5.41) is 0. The van der Waals surface area contributed by atoms with E-state index in [-0.39, 0.29) is 18.6 Å². The number of benzene rings is 1. The largest absolute Gasteiger partial charge is 0.399 e. The van der Waals surface area contributed by atoms with Gasteiger partial charge in [0.25, 0.3) is 0 Å². The predicted molar refractivity (Wildman–Crippen MR) is 87.4 cm³/mol. The first-order valence-corrected chi connectivity index (χ1v) is 7.24. The van der Waals surface area contributed by atoms with Crippen LogP contribution in [0.25, 0.3) is 0 Å². The second-order valence-corrected chi connectivity index (χ2v) is 5.49. The minimum Gasteiger partial charge on any atom is -0.399 e. The van der Waals surface area contributed by atoms with E-state index in [0.29, 0.717) is 12.2 Å². The third-order valence-electron chi connectivity index (χ3n) is 3.64. The Morgan fingerprint density at radius 1 is 1.38 bits per heavy atom. The molecule has 1 rings (SSSR count). The van der Waals surface area contributed by atoms with E-state index < -0.39 is 0 Å². The fourth-order valence-corrected chi connectivity index (χ4v) is 2.27. The molecule has 0 heterocycles. The van der Waals surface area contributed by atoms with Gasteiger partial charge in [-0.3, -0.25) is 4.79 Å². The minimum atomic E-state index is -0.000944. The number of carbonyl (C=O) groups is 1. The van der Waals surface area contributed by atoms with Gasteiger partial charge in [-0.25, -0.2) is 0 Å². The molecule has 0 bridgehead atoms. The molecule has 21 heavy (non-hydrogen) atoms. The third-order valence-corrected chi connectivity index (χ3v) is 3.64. The molecular formula is C16H27N3O2. The number of carbonyl (C=O) groups excluding carboxylic acids is 1. The van der Waals surface area contributed by atoms with Gasteiger partial charge in [-0.1, -0.05) is 6.92 Å². The first kappa shape index (κ1) is 17.3. The summed E-state index contributed by atoms with van der Waals surface area (Å²) in [5.41, 5.74) is 8.73. The standard InChI is InChI=1S/C16H27N3O2/c1-6-12(2)19(16(20)11-21-5)10-13-9-14(17)7-8-15(13)18(3)4/h7-9,12H,6,10-11,17H2,1-5H3/t12-/m1/s1. The second-order valence-electron chi connectivity index (χ2n) is 5.49. The van der Waals surface area contributed by atoms with E-state index in [1.165, 1.54) is 0 Å². The van der Waals surface area contributed by atoms with Gasteiger partial charge in [0.1, 0.15) is 6.61 Å². The highest BCUT2D eigenvalue weighted by Gasteiger charge is 2.20. The molecule has 1 atom stereocenters. The molecule has 118 valence electrons. The summed E-state index contributed by atoms with van der Waals surface area (Å²) in [6.07, 6.45) is 0.898. The van der Waals surface area contributed by atoms with Gasteiger partial charge >= 0.3 is 0 Å². The Bertz CT molecular complexity index is 475. The molecule has 0 saturated carbocycles. The van der Waals surface area contributed by atoms with Crippen molar-refractivity contribution in [3.05, 3.63) is 23.8 Å². The Labute approximate surface area is 127 Å². The van der Waals surface area contributed by atoms with Crippen LogP contribution in [0.1, 0.15) is 25.8 Å². The van der Waals surface area contributed by atoms with Crippen molar-refractivity contribution in [1.82, 2.24) is 4.90 Å². The van der Waals surface area contributed by atoms with Crippen LogP contribution in [0.5, 0.6) is 0 Å². The Morgan fingerprint density at radius 3 is 2.57 bits per heavy atom. The van der Waals surface area contributed by atoms with Crippen molar-refractivity contribution in [2.75, 3.05) is 38.4 Å². The van der Waals surface area contributed by atoms with Crippen molar-refractivity contribution in [3.8, 4) is 0 Å². The fraction of sp³-hybridized carbons (Fsp3) is 0.562. The van der Waals surface area contributed by atoms with Crippen molar-refractivity contribution >= 4 is 17.3 Å². The molecule has 0 radical (unpaired) electrons. The number of rotatable bonds is 7. The highest BCUT2D eigenvalue weighted by atomic mass is 16.5. The van der Waals surface area contributed by atoms with Crippen molar-refractivity contribution in [1.29, 1.82) is 0 Å². The number of nitrogens with zero attached hydrogens (tertiary/aromatic N) is 2. The number of nitrogens with two attached hydrogens (primary N) is 1. The van der Waals surface area contributed by atoms with Gasteiger partial charge < -0.3 is 20.3 Å². The SMILES string of the molecule is CC[C@@H](C)N(Cc1cc(N)ccc1N(C)C)C(=O)COC. The van der Waals surface area contributed by atoms with Gasteiger partial charge in [0.2, 0.25) is 5.91 Å². The maximum absolute atomic E-state index is 12.3. The Morgan fingerprint density at radius 2 is 2.05 bits per heavy atom. The van der Waals surface area contributed by atoms with Crippen LogP contribution in [0.3, 0.4) is 0 Å². The molecule has 0 aliphatic carbocycles. The van der Waals surface area contributed by atoms with E-state index in [1.807, 2.05) is 42.1 Å². The van der Waals surface area contributed by atoms with Crippen molar-refractivity contribution < 1.29 is 9.53 Å². The summed E-state index contributed by atoms with van der Waals surface area (Å²) in [5.74, 6) is -0.000944. The summed E-state index contributed by atoms with van der Waals surface area (Å²) < 4.78 is 4.99. The van der Waals surface area contributed by atoms with Crippen LogP contribution >= 0.6 is 0 Å². The molecule has 0 spiro atoms. The maximum Gasteiger partial charge on any atom is 0.249 e. The molecule has 1 amide bonds. The fourth-order valence-electron chi connectivity index (χ4n) is 2.27. The van der Waals surface area contributed by atoms with Crippen LogP contribution < -0.4 is 10.6 Å². The van der Waals surface area contributed by atoms with E-state index in [1.54, 1.807) is 7.11 Å². The molecule has 1 aromatic carbocycles. The highest BCUT2D eigenvalue weighted by Crippen LogP contribution is 2.24. The molecule has 5 nitrogen and oxygen atoms in total. The zero-order chi connectivity index (χ0) is 16.0. The molecule has 0 aliphatic heterocycles. The molecule has 5 heteroatoms. The van der Waals surface area contributed by atoms with E-state index in [0.717, 1.165) is 17.7 Å². The molecule has 0 fully saturated rings. The van der Waals surface area contributed by atoms with Crippen LogP contribution in [0, 0.1) is 0 Å². The smallest absolute Gasteiger partial charge is 0.249 e. The van der Waals surface area contributed by atoms with Crippen LogP contribution in [0.4, 0.5) is 11.4 Å². The Balaban J connectivity index is 3.08. The van der Waals surface area contributed by atoms with E-state index >= 15 is 0 Å².